The van der Waals surface area contributed by atoms with Crippen LogP contribution in [0, 0.1) is 10.1 Å². The number of aromatic nitrogens is 2. The Morgan fingerprint density at radius 2 is 1.85 bits per heavy atom. The Kier molecular flexibility index (Phi) is 7.16. The Balaban J connectivity index is 1.53. The van der Waals surface area contributed by atoms with Crippen LogP contribution in [-0.4, -0.2) is 27.4 Å². The molecule has 1 unspecified atom stereocenters. The summed E-state index contributed by atoms with van der Waals surface area (Å²) in [6.07, 6.45) is 4.79. The summed E-state index contributed by atoms with van der Waals surface area (Å²) in [5.74, 6) is 0.313. The van der Waals surface area contributed by atoms with Gasteiger partial charge in [0, 0.05) is 41.4 Å². The molecule has 4 aromatic rings. The molecule has 0 bridgehead atoms. The molecule has 0 saturated carbocycles. The Labute approximate surface area is 199 Å². The quantitative estimate of drug-likeness (QED) is 0.131. The minimum atomic E-state index is -0.697. The lowest BCUT2D eigenvalue weighted by Gasteiger charge is -2.20. The lowest BCUT2D eigenvalue weighted by atomic mass is 9.99. The minimum Gasteiger partial charge on any atom is -0.276 e. The van der Waals surface area contributed by atoms with Crippen LogP contribution in [-0.2, 0) is 16.1 Å². The van der Waals surface area contributed by atoms with Gasteiger partial charge in [0.15, 0.2) is 5.82 Å². The topological polar surface area (TPSA) is 98.5 Å². The second-order valence-electron chi connectivity index (χ2n) is 7.23. The first-order valence-electron chi connectivity index (χ1n) is 10.3. The van der Waals surface area contributed by atoms with Crippen LogP contribution in [0.4, 0.5) is 11.5 Å². The van der Waals surface area contributed by atoms with Crippen LogP contribution >= 0.6 is 11.3 Å². The Morgan fingerprint density at radius 3 is 2.53 bits per heavy atom. The predicted molar refractivity (Wildman–Crippen MR) is 131 cm³/mol. The molecule has 0 N–H and O–H groups in total. The summed E-state index contributed by atoms with van der Waals surface area (Å²) in [7, 11) is 0. The number of hydroxylamine groups is 1. The van der Waals surface area contributed by atoms with E-state index >= 15 is 0 Å². The Morgan fingerprint density at radius 1 is 1.09 bits per heavy atom. The average molecular weight is 473 g/mol. The highest BCUT2D eigenvalue weighted by Crippen LogP contribution is 2.30. The second-order valence-corrected chi connectivity index (χ2v) is 8.09. The zero-order valence-corrected chi connectivity index (χ0v) is 18.8. The number of hydrogen-bond acceptors (Lipinski definition) is 7. The highest BCUT2D eigenvalue weighted by Gasteiger charge is 2.22. The molecule has 0 aliphatic carbocycles. The third-order valence-corrected chi connectivity index (χ3v) is 5.94. The van der Waals surface area contributed by atoms with E-state index in [9.17, 15) is 14.9 Å². The first-order valence-corrected chi connectivity index (χ1v) is 11.2. The highest BCUT2D eigenvalue weighted by molar-refractivity contribution is 7.13. The molecule has 9 heteroatoms. The first-order chi connectivity index (χ1) is 16.6. The molecule has 0 fully saturated rings. The number of rotatable bonds is 10. The third-order valence-electron chi connectivity index (χ3n) is 5.06. The second kappa shape index (κ2) is 10.6. The van der Waals surface area contributed by atoms with Crippen LogP contribution < -0.4 is 5.06 Å². The fourth-order valence-corrected chi connectivity index (χ4v) is 4.16. The van der Waals surface area contributed by atoms with Crippen LogP contribution in [0.25, 0.3) is 21.7 Å². The van der Waals surface area contributed by atoms with Crippen molar-refractivity contribution in [2.24, 2.45) is 0 Å². The molecular formula is C25H20N4O4S. The van der Waals surface area contributed by atoms with Crippen molar-refractivity contribution >= 4 is 29.3 Å². The van der Waals surface area contributed by atoms with E-state index in [1.54, 1.807) is 29.9 Å². The number of nitro groups is 1. The molecule has 2 aromatic carbocycles. The van der Waals surface area contributed by atoms with E-state index in [4.69, 9.17) is 4.84 Å². The molecule has 2 heterocycles. The van der Waals surface area contributed by atoms with Gasteiger partial charge in [0.25, 0.3) is 5.69 Å². The lowest BCUT2D eigenvalue weighted by molar-refractivity contribution is -0.385. The molecule has 0 aliphatic rings. The van der Waals surface area contributed by atoms with Gasteiger partial charge in [-0.1, -0.05) is 48.5 Å². The maximum Gasteiger partial charge on any atom is 0.273 e. The highest BCUT2D eigenvalue weighted by atomic mass is 32.1. The smallest absolute Gasteiger partial charge is 0.273 e. The van der Waals surface area contributed by atoms with Crippen molar-refractivity contribution in [1.82, 2.24) is 9.97 Å². The van der Waals surface area contributed by atoms with Crippen LogP contribution in [0.15, 0.2) is 91.1 Å². The van der Waals surface area contributed by atoms with E-state index in [-0.39, 0.29) is 12.1 Å². The van der Waals surface area contributed by atoms with Crippen molar-refractivity contribution in [3.8, 4) is 21.7 Å². The van der Waals surface area contributed by atoms with Crippen LogP contribution in [0.2, 0.25) is 0 Å². The fourth-order valence-electron chi connectivity index (χ4n) is 3.37. The van der Waals surface area contributed by atoms with Crippen molar-refractivity contribution in [2.75, 3.05) is 5.06 Å². The molecular weight excluding hydrogens is 452 g/mol. The summed E-state index contributed by atoms with van der Waals surface area (Å²) in [6.45, 7) is 3.77. The number of anilines is 1. The van der Waals surface area contributed by atoms with Gasteiger partial charge in [-0.25, -0.2) is 4.98 Å². The summed E-state index contributed by atoms with van der Waals surface area (Å²) in [5, 5.41) is 15.2. The Hall–Kier alpha value is -4.21. The molecule has 1 atom stereocenters. The molecule has 34 heavy (non-hydrogen) atoms. The zero-order chi connectivity index (χ0) is 23.9. The predicted octanol–water partition coefficient (Wildman–Crippen LogP) is 5.47. The maximum absolute atomic E-state index is 11.8. The zero-order valence-electron chi connectivity index (χ0n) is 18.0. The van der Waals surface area contributed by atoms with Crippen LogP contribution in [0.5, 0.6) is 0 Å². The molecule has 0 spiro atoms. The summed E-state index contributed by atoms with van der Waals surface area (Å²) in [5.41, 5.74) is 2.94. The Bertz CT molecular complexity index is 1290. The van der Waals surface area contributed by atoms with E-state index in [1.165, 1.54) is 17.4 Å². The maximum atomic E-state index is 11.8. The van der Waals surface area contributed by atoms with Gasteiger partial charge in [-0.2, -0.15) is 5.06 Å². The molecule has 2 aromatic heterocycles. The standard InChI is InChI=1S/C25H20N4O4S/c1-2-22(33-28(17-30)24-16-34-25(27-24)19-10-12-26-13-11-19)14-21-9-8-20(15-23(21)29(31)32)18-6-4-3-5-7-18/h2-13,15-17,22H,1,14H2. The van der Waals surface area contributed by atoms with E-state index in [1.807, 2.05) is 48.5 Å². The van der Waals surface area contributed by atoms with Crippen molar-refractivity contribution in [1.29, 1.82) is 0 Å². The number of nitrogens with zero attached hydrogens (tertiary/aromatic N) is 4. The monoisotopic (exact) mass is 472 g/mol. The molecule has 1 amide bonds. The summed E-state index contributed by atoms with van der Waals surface area (Å²) >= 11 is 1.36. The van der Waals surface area contributed by atoms with Crippen molar-refractivity contribution in [2.45, 2.75) is 12.5 Å². The molecule has 170 valence electrons. The number of hydrogen-bond donors (Lipinski definition) is 0. The number of carbonyl (C=O) groups excluding carboxylic acids is 1. The van der Waals surface area contributed by atoms with Crippen LogP contribution in [0.1, 0.15) is 5.56 Å². The summed E-state index contributed by atoms with van der Waals surface area (Å²) in [4.78, 5) is 37.3. The van der Waals surface area contributed by atoms with Gasteiger partial charge in [0.1, 0.15) is 11.1 Å². The molecule has 0 aliphatic heterocycles. The van der Waals surface area contributed by atoms with Gasteiger partial charge >= 0.3 is 0 Å². The largest absolute Gasteiger partial charge is 0.276 e. The van der Waals surface area contributed by atoms with E-state index in [0.717, 1.165) is 21.8 Å². The molecule has 0 radical (unpaired) electrons. The van der Waals surface area contributed by atoms with Gasteiger partial charge in [-0.3, -0.25) is 24.7 Å². The molecule has 0 saturated heterocycles. The van der Waals surface area contributed by atoms with Gasteiger partial charge in [0.2, 0.25) is 6.41 Å². The van der Waals surface area contributed by atoms with Crippen LogP contribution in [0.3, 0.4) is 0 Å². The summed E-state index contributed by atoms with van der Waals surface area (Å²) < 4.78 is 0. The average Bonchev–Trinajstić information content (AvgIpc) is 3.37. The number of pyridine rings is 1. The van der Waals surface area contributed by atoms with E-state index < -0.39 is 11.0 Å². The number of carbonyl (C=O) groups is 1. The van der Waals surface area contributed by atoms with Gasteiger partial charge in [-0.15, -0.1) is 17.9 Å². The summed E-state index contributed by atoms with van der Waals surface area (Å²) in [6, 6.07) is 18.1. The van der Waals surface area contributed by atoms with E-state index in [0.29, 0.717) is 22.8 Å². The van der Waals surface area contributed by atoms with Crippen molar-refractivity contribution in [3.05, 3.63) is 107 Å². The number of nitro benzene ring substituents is 1. The number of amides is 1. The first kappa shape index (κ1) is 23.0. The van der Waals surface area contributed by atoms with Crippen molar-refractivity contribution in [3.63, 3.8) is 0 Å². The van der Waals surface area contributed by atoms with Gasteiger partial charge in [0.05, 0.1) is 4.92 Å². The lowest BCUT2D eigenvalue weighted by Crippen LogP contribution is -2.29. The normalized spacial score (nSPS) is 11.5. The number of benzene rings is 2. The SMILES string of the molecule is C=CC(Cc1ccc(-c2ccccc2)cc1[N+](=O)[O-])ON(C=O)c1csc(-c2ccncc2)n1. The molecule has 4 rings (SSSR count). The fraction of sp³-hybridized carbons (Fsp3) is 0.0800. The van der Waals surface area contributed by atoms with Gasteiger partial charge < -0.3 is 0 Å². The number of thiazole rings is 1. The third kappa shape index (κ3) is 5.22. The molecule has 8 nitrogen and oxygen atoms in total. The van der Waals surface area contributed by atoms with Gasteiger partial charge in [-0.05, 0) is 23.3 Å². The van der Waals surface area contributed by atoms with E-state index in [2.05, 4.69) is 16.5 Å². The van der Waals surface area contributed by atoms with Crippen molar-refractivity contribution < 1.29 is 14.6 Å². The minimum absolute atomic E-state index is 0.0249.